The fraction of sp³-hybridized carbons (Fsp3) is 0.364. The largest absolute Gasteiger partial charge is 0.374 e. The average Bonchev–Trinajstić information content (AvgIpc) is 3.26. The van der Waals surface area contributed by atoms with Crippen molar-refractivity contribution in [2.24, 2.45) is 7.05 Å². The number of benzene rings is 2. The Morgan fingerprint density at radius 2 is 2.11 bits per heavy atom. The number of rotatable bonds is 3. The van der Waals surface area contributed by atoms with Gasteiger partial charge in [0, 0.05) is 25.7 Å². The number of hydrogen-bond acceptors (Lipinski definition) is 4. The van der Waals surface area contributed by atoms with Crippen LogP contribution in [0.5, 0.6) is 0 Å². The highest BCUT2D eigenvalue weighted by Gasteiger charge is 2.26. The second-order valence-electron chi connectivity index (χ2n) is 7.64. The summed E-state index contributed by atoms with van der Waals surface area (Å²) in [5, 5.41) is 3.66. The molecule has 1 atom stereocenters. The normalized spacial score (nSPS) is 19.3. The maximum atomic E-state index is 12.3. The summed E-state index contributed by atoms with van der Waals surface area (Å²) in [5.74, 6) is 1.14. The number of nitrogens with one attached hydrogen (secondary N) is 1. The van der Waals surface area contributed by atoms with E-state index in [0.717, 1.165) is 41.2 Å². The van der Waals surface area contributed by atoms with E-state index in [4.69, 9.17) is 9.72 Å². The highest BCUT2D eigenvalue weighted by molar-refractivity contribution is 6.00. The molecule has 1 fully saturated rings. The molecule has 3 heterocycles. The van der Waals surface area contributed by atoms with Crippen LogP contribution in [0, 0.1) is 6.92 Å². The number of fused-ring (bicyclic) bond motifs is 2. The van der Waals surface area contributed by atoms with Crippen LogP contribution in [0.2, 0.25) is 0 Å². The molecule has 28 heavy (non-hydrogen) atoms. The number of carbonyl (C=O) groups excluding carboxylic acids is 1. The number of carbonyl (C=O) groups is 1. The zero-order chi connectivity index (χ0) is 19.3. The number of aromatic nitrogens is 2. The van der Waals surface area contributed by atoms with Crippen LogP contribution in [0.4, 0.5) is 11.4 Å². The van der Waals surface area contributed by atoms with Crippen molar-refractivity contribution in [2.75, 3.05) is 23.4 Å². The van der Waals surface area contributed by atoms with Crippen LogP contribution in [0.3, 0.4) is 0 Å². The first kappa shape index (κ1) is 17.3. The van der Waals surface area contributed by atoms with Crippen molar-refractivity contribution < 1.29 is 9.53 Å². The van der Waals surface area contributed by atoms with Gasteiger partial charge in [-0.1, -0.05) is 24.3 Å². The van der Waals surface area contributed by atoms with Gasteiger partial charge in [-0.25, -0.2) is 4.98 Å². The molecule has 2 aliphatic rings. The third kappa shape index (κ3) is 2.76. The van der Waals surface area contributed by atoms with Gasteiger partial charge in [0.05, 0.1) is 30.5 Å². The van der Waals surface area contributed by atoms with E-state index in [2.05, 4.69) is 40.2 Å². The molecule has 3 aromatic rings. The summed E-state index contributed by atoms with van der Waals surface area (Å²) in [4.78, 5) is 19.0. The molecular formula is C22H24N4O2. The van der Waals surface area contributed by atoms with E-state index in [9.17, 15) is 4.79 Å². The van der Waals surface area contributed by atoms with Crippen LogP contribution >= 0.6 is 0 Å². The highest BCUT2D eigenvalue weighted by atomic mass is 16.5. The third-order valence-electron chi connectivity index (χ3n) is 5.88. The Kier molecular flexibility index (Phi) is 4.09. The second-order valence-corrected chi connectivity index (χ2v) is 7.64. The van der Waals surface area contributed by atoms with Gasteiger partial charge >= 0.3 is 0 Å². The van der Waals surface area contributed by atoms with Gasteiger partial charge in [-0.3, -0.25) is 4.79 Å². The van der Waals surface area contributed by atoms with Crippen molar-refractivity contribution in [3.8, 4) is 0 Å². The third-order valence-corrected chi connectivity index (χ3v) is 5.88. The lowest BCUT2D eigenvalue weighted by Gasteiger charge is -2.28. The summed E-state index contributed by atoms with van der Waals surface area (Å²) >= 11 is 0. The van der Waals surface area contributed by atoms with E-state index in [1.54, 1.807) is 0 Å². The van der Waals surface area contributed by atoms with Gasteiger partial charge in [-0.15, -0.1) is 0 Å². The van der Waals surface area contributed by atoms with E-state index in [1.165, 1.54) is 11.1 Å². The maximum Gasteiger partial charge on any atom is 0.227 e. The van der Waals surface area contributed by atoms with Crippen molar-refractivity contribution in [1.82, 2.24) is 9.55 Å². The fourth-order valence-corrected chi connectivity index (χ4v) is 4.26. The molecule has 0 bridgehead atoms. The summed E-state index contributed by atoms with van der Waals surface area (Å²) in [6.07, 6.45) is 1.53. The second kappa shape index (κ2) is 6.63. The lowest BCUT2D eigenvalue weighted by atomic mass is 9.98. The quantitative estimate of drug-likeness (QED) is 0.757. The molecule has 5 rings (SSSR count). The van der Waals surface area contributed by atoms with Crippen LogP contribution in [0.15, 0.2) is 36.4 Å². The minimum Gasteiger partial charge on any atom is -0.374 e. The molecule has 6 heteroatoms. The molecule has 0 aliphatic carbocycles. The van der Waals surface area contributed by atoms with Crippen LogP contribution < -0.4 is 10.2 Å². The fourth-order valence-electron chi connectivity index (χ4n) is 4.26. The van der Waals surface area contributed by atoms with E-state index in [1.807, 2.05) is 24.9 Å². The molecule has 0 spiro atoms. The zero-order valence-electron chi connectivity index (χ0n) is 16.2. The summed E-state index contributed by atoms with van der Waals surface area (Å²) in [7, 11) is 2.02. The Labute approximate surface area is 164 Å². The summed E-state index contributed by atoms with van der Waals surface area (Å²) < 4.78 is 7.90. The van der Waals surface area contributed by atoms with Crippen LogP contribution in [-0.2, 0) is 23.2 Å². The molecule has 2 aliphatic heterocycles. The zero-order valence-corrected chi connectivity index (χ0v) is 16.2. The Morgan fingerprint density at radius 3 is 2.93 bits per heavy atom. The predicted molar refractivity (Wildman–Crippen MR) is 109 cm³/mol. The van der Waals surface area contributed by atoms with Gasteiger partial charge in [0.25, 0.3) is 0 Å². The molecule has 1 N–H and O–H groups in total. The standard InChI is InChI=1S/C22H24N4O2/c1-14-23-22-18(24-19-13-28-12-15-6-3-4-7-17(15)19)10-16(11-20(22)25(14)2)26-9-5-8-21(26)27/h3-4,6-7,10-11,19,24H,5,8-9,12-13H2,1-2H3. The van der Waals surface area contributed by atoms with E-state index >= 15 is 0 Å². The molecule has 2 aromatic carbocycles. The van der Waals surface area contributed by atoms with Gasteiger partial charge in [-0.05, 0) is 36.6 Å². The SMILES string of the molecule is Cc1nc2c(NC3COCc4ccccc43)cc(N3CCCC3=O)cc2n1C. The molecule has 144 valence electrons. The summed E-state index contributed by atoms with van der Waals surface area (Å²) in [6.45, 7) is 4.03. The van der Waals surface area contributed by atoms with Crippen LogP contribution in [-0.4, -0.2) is 28.6 Å². The Balaban J connectivity index is 1.60. The molecule has 0 radical (unpaired) electrons. The van der Waals surface area contributed by atoms with Gasteiger partial charge in [-0.2, -0.15) is 0 Å². The predicted octanol–water partition coefficient (Wildman–Crippen LogP) is 3.69. The van der Waals surface area contributed by atoms with Crippen LogP contribution in [0.25, 0.3) is 11.0 Å². The number of amides is 1. The first-order chi connectivity index (χ1) is 13.6. The number of anilines is 2. The van der Waals surface area contributed by atoms with Gasteiger partial charge < -0.3 is 19.5 Å². The first-order valence-corrected chi connectivity index (χ1v) is 9.81. The number of ether oxygens (including phenoxy) is 1. The Morgan fingerprint density at radius 1 is 1.25 bits per heavy atom. The molecule has 0 saturated carbocycles. The molecule has 6 nitrogen and oxygen atoms in total. The van der Waals surface area contributed by atoms with Gasteiger partial charge in [0.2, 0.25) is 5.91 Å². The molecule has 1 amide bonds. The van der Waals surface area contributed by atoms with Crippen molar-refractivity contribution in [3.63, 3.8) is 0 Å². The number of nitrogens with zero attached hydrogens (tertiary/aromatic N) is 3. The highest BCUT2D eigenvalue weighted by Crippen LogP contribution is 2.35. The average molecular weight is 376 g/mol. The number of aryl methyl sites for hydroxylation is 2. The van der Waals surface area contributed by atoms with Crippen molar-refractivity contribution in [3.05, 3.63) is 53.3 Å². The first-order valence-electron chi connectivity index (χ1n) is 9.81. The summed E-state index contributed by atoms with van der Waals surface area (Å²) in [5.41, 5.74) is 6.31. The van der Waals surface area contributed by atoms with Crippen molar-refractivity contribution >= 4 is 28.3 Å². The maximum absolute atomic E-state index is 12.3. The minimum absolute atomic E-state index is 0.0555. The Hall–Kier alpha value is -2.86. The lowest BCUT2D eigenvalue weighted by Crippen LogP contribution is -2.25. The minimum atomic E-state index is 0.0555. The Bertz CT molecular complexity index is 1070. The van der Waals surface area contributed by atoms with Gasteiger partial charge in [0.1, 0.15) is 11.3 Å². The molecule has 1 saturated heterocycles. The number of imidazole rings is 1. The van der Waals surface area contributed by atoms with Gasteiger partial charge in [0.15, 0.2) is 0 Å². The lowest BCUT2D eigenvalue weighted by molar-refractivity contribution is -0.117. The van der Waals surface area contributed by atoms with E-state index in [-0.39, 0.29) is 11.9 Å². The smallest absolute Gasteiger partial charge is 0.227 e. The number of hydrogen-bond donors (Lipinski definition) is 1. The molecular weight excluding hydrogens is 352 g/mol. The van der Waals surface area contributed by atoms with Crippen LogP contribution in [0.1, 0.15) is 35.8 Å². The molecule has 1 unspecified atom stereocenters. The monoisotopic (exact) mass is 376 g/mol. The molecule has 1 aromatic heterocycles. The summed E-state index contributed by atoms with van der Waals surface area (Å²) in [6, 6.07) is 12.6. The van der Waals surface area contributed by atoms with Crippen molar-refractivity contribution in [2.45, 2.75) is 32.4 Å². The topological polar surface area (TPSA) is 59.4 Å². The van der Waals surface area contributed by atoms with E-state index < -0.39 is 0 Å². The van der Waals surface area contributed by atoms with Crippen molar-refractivity contribution in [1.29, 1.82) is 0 Å². The van der Waals surface area contributed by atoms with E-state index in [0.29, 0.717) is 19.6 Å².